The van der Waals surface area contributed by atoms with Crippen molar-refractivity contribution in [3.8, 4) is 0 Å². The summed E-state index contributed by atoms with van der Waals surface area (Å²) >= 11 is 0. The van der Waals surface area contributed by atoms with Gasteiger partial charge in [0.05, 0.1) is 0 Å². The standard InChI is InChI=1S/C15H27NO/c1-9(2)14(10(3)4)15(16-7)13-8-11(5)17-12(13)6/h8-10,14-16H,1-7H3. The Morgan fingerprint density at radius 2 is 1.59 bits per heavy atom. The Balaban J connectivity index is 3.08. The van der Waals surface area contributed by atoms with E-state index in [2.05, 4.69) is 46.0 Å². The minimum atomic E-state index is 0.382. The van der Waals surface area contributed by atoms with E-state index in [1.54, 1.807) is 0 Å². The van der Waals surface area contributed by atoms with Crippen LogP contribution in [0.5, 0.6) is 0 Å². The molecule has 0 aliphatic carbocycles. The lowest BCUT2D eigenvalue weighted by Gasteiger charge is -2.33. The van der Waals surface area contributed by atoms with Gasteiger partial charge in [-0.1, -0.05) is 27.7 Å². The van der Waals surface area contributed by atoms with Crippen LogP contribution in [0.4, 0.5) is 0 Å². The SMILES string of the molecule is CNC(c1cc(C)oc1C)C(C(C)C)C(C)C. The maximum Gasteiger partial charge on any atom is 0.105 e. The van der Waals surface area contributed by atoms with Crippen molar-refractivity contribution in [2.45, 2.75) is 47.6 Å². The van der Waals surface area contributed by atoms with Gasteiger partial charge in [-0.3, -0.25) is 0 Å². The van der Waals surface area contributed by atoms with Crippen molar-refractivity contribution < 1.29 is 4.42 Å². The smallest absolute Gasteiger partial charge is 0.105 e. The van der Waals surface area contributed by atoms with Gasteiger partial charge in [-0.05, 0) is 44.7 Å². The molecule has 0 amide bonds. The van der Waals surface area contributed by atoms with Crippen LogP contribution in [-0.4, -0.2) is 7.05 Å². The largest absolute Gasteiger partial charge is 0.466 e. The number of hydrogen-bond acceptors (Lipinski definition) is 2. The zero-order valence-corrected chi connectivity index (χ0v) is 12.3. The molecule has 1 unspecified atom stereocenters. The molecular weight excluding hydrogens is 210 g/mol. The molecule has 1 N–H and O–H groups in total. The zero-order valence-electron chi connectivity index (χ0n) is 12.3. The molecule has 0 saturated heterocycles. The molecule has 0 bridgehead atoms. The molecule has 0 radical (unpaired) electrons. The minimum absolute atomic E-state index is 0.382. The van der Waals surface area contributed by atoms with E-state index in [1.165, 1.54) is 5.56 Å². The highest BCUT2D eigenvalue weighted by molar-refractivity contribution is 5.25. The Labute approximate surface area is 106 Å². The van der Waals surface area contributed by atoms with Crippen molar-refractivity contribution >= 4 is 0 Å². The van der Waals surface area contributed by atoms with Gasteiger partial charge in [0.15, 0.2) is 0 Å². The van der Waals surface area contributed by atoms with Crippen LogP contribution < -0.4 is 5.32 Å². The van der Waals surface area contributed by atoms with Gasteiger partial charge in [0.25, 0.3) is 0 Å². The van der Waals surface area contributed by atoms with Crippen molar-refractivity contribution in [1.29, 1.82) is 0 Å². The van der Waals surface area contributed by atoms with E-state index in [1.807, 2.05) is 14.0 Å². The van der Waals surface area contributed by atoms with Gasteiger partial charge in [-0.2, -0.15) is 0 Å². The molecule has 98 valence electrons. The summed E-state index contributed by atoms with van der Waals surface area (Å²) < 4.78 is 5.67. The summed E-state index contributed by atoms with van der Waals surface area (Å²) in [5.74, 6) is 3.98. The number of nitrogens with one attached hydrogen (secondary N) is 1. The van der Waals surface area contributed by atoms with Gasteiger partial charge in [-0.15, -0.1) is 0 Å². The molecule has 0 aliphatic rings. The Bertz CT molecular complexity index is 344. The Morgan fingerprint density at radius 3 is 1.88 bits per heavy atom. The maximum absolute atomic E-state index is 5.67. The summed E-state index contributed by atoms with van der Waals surface area (Å²) in [5.41, 5.74) is 1.32. The monoisotopic (exact) mass is 237 g/mol. The fourth-order valence-corrected chi connectivity index (χ4v) is 3.05. The molecule has 17 heavy (non-hydrogen) atoms. The lowest BCUT2D eigenvalue weighted by Crippen LogP contribution is -2.32. The molecular formula is C15H27NO. The number of aryl methyl sites for hydroxylation is 2. The third-order valence-corrected chi connectivity index (χ3v) is 3.65. The second-order valence-corrected chi connectivity index (χ2v) is 5.70. The highest BCUT2D eigenvalue weighted by atomic mass is 16.3. The number of furan rings is 1. The summed E-state index contributed by atoms with van der Waals surface area (Å²) in [6.45, 7) is 13.3. The van der Waals surface area contributed by atoms with Gasteiger partial charge in [0, 0.05) is 11.6 Å². The summed E-state index contributed by atoms with van der Waals surface area (Å²) in [6.07, 6.45) is 0. The predicted octanol–water partition coefficient (Wildman–Crippen LogP) is 4.09. The van der Waals surface area contributed by atoms with E-state index in [-0.39, 0.29) is 0 Å². The Kier molecular flexibility index (Phi) is 4.81. The zero-order chi connectivity index (χ0) is 13.2. The van der Waals surface area contributed by atoms with Crippen LogP contribution in [0.2, 0.25) is 0 Å². The minimum Gasteiger partial charge on any atom is -0.466 e. The van der Waals surface area contributed by atoms with E-state index in [0.717, 1.165) is 11.5 Å². The highest BCUT2D eigenvalue weighted by Gasteiger charge is 2.29. The summed E-state index contributed by atoms with van der Waals surface area (Å²) in [5, 5.41) is 3.48. The Hall–Kier alpha value is -0.760. The fraction of sp³-hybridized carbons (Fsp3) is 0.733. The fourth-order valence-electron chi connectivity index (χ4n) is 3.05. The second-order valence-electron chi connectivity index (χ2n) is 5.70. The van der Waals surface area contributed by atoms with Crippen molar-refractivity contribution in [3.05, 3.63) is 23.2 Å². The topological polar surface area (TPSA) is 25.2 Å². The summed E-state index contributed by atoms with van der Waals surface area (Å²) in [6, 6.07) is 2.56. The molecule has 2 heteroatoms. The van der Waals surface area contributed by atoms with Crippen LogP contribution in [-0.2, 0) is 0 Å². The molecule has 0 fully saturated rings. The number of hydrogen-bond donors (Lipinski definition) is 1. The van der Waals surface area contributed by atoms with Crippen molar-refractivity contribution in [2.24, 2.45) is 17.8 Å². The van der Waals surface area contributed by atoms with E-state index in [0.29, 0.717) is 23.8 Å². The van der Waals surface area contributed by atoms with Gasteiger partial charge in [0.1, 0.15) is 11.5 Å². The molecule has 1 atom stereocenters. The van der Waals surface area contributed by atoms with Crippen molar-refractivity contribution in [3.63, 3.8) is 0 Å². The van der Waals surface area contributed by atoms with Crippen LogP contribution in [0.15, 0.2) is 10.5 Å². The molecule has 2 nitrogen and oxygen atoms in total. The van der Waals surface area contributed by atoms with Crippen LogP contribution in [0.25, 0.3) is 0 Å². The molecule has 0 aliphatic heterocycles. The molecule has 0 spiro atoms. The first-order chi connectivity index (χ1) is 7.88. The molecule has 1 aromatic heterocycles. The summed E-state index contributed by atoms with van der Waals surface area (Å²) in [7, 11) is 2.05. The van der Waals surface area contributed by atoms with Crippen molar-refractivity contribution in [2.75, 3.05) is 7.05 Å². The summed E-state index contributed by atoms with van der Waals surface area (Å²) in [4.78, 5) is 0. The molecule has 1 aromatic rings. The van der Waals surface area contributed by atoms with Crippen LogP contribution in [0, 0.1) is 31.6 Å². The number of rotatable bonds is 5. The lowest BCUT2D eigenvalue weighted by atomic mass is 9.77. The van der Waals surface area contributed by atoms with Gasteiger partial charge in [-0.25, -0.2) is 0 Å². The first kappa shape index (κ1) is 14.3. The van der Waals surface area contributed by atoms with E-state index < -0.39 is 0 Å². The first-order valence-corrected chi connectivity index (χ1v) is 6.62. The van der Waals surface area contributed by atoms with E-state index in [4.69, 9.17) is 4.42 Å². The molecule has 0 saturated carbocycles. The van der Waals surface area contributed by atoms with Gasteiger partial charge in [0.2, 0.25) is 0 Å². The lowest BCUT2D eigenvalue weighted by molar-refractivity contribution is 0.215. The average Bonchev–Trinajstić information content (AvgIpc) is 2.52. The van der Waals surface area contributed by atoms with Gasteiger partial charge >= 0.3 is 0 Å². The third kappa shape index (κ3) is 3.12. The maximum atomic E-state index is 5.67. The van der Waals surface area contributed by atoms with Crippen LogP contribution in [0.1, 0.15) is 50.8 Å². The predicted molar refractivity (Wildman–Crippen MR) is 73.1 cm³/mol. The second kappa shape index (κ2) is 5.72. The quantitative estimate of drug-likeness (QED) is 0.834. The molecule has 0 aromatic carbocycles. The van der Waals surface area contributed by atoms with E-state index in [9.17, 15) is 0 Å². The Morgan fingerprint density at radius 1 is 1.06 bits per heavy atom. The van der Waals surface area contributed by atoms with Crippen LogP contribution in [0.3, 0.4) is 0 Å². The highest BCUT2D eigenvalue weighted by Crippen LogP contribution is 2.36. The van der Waals surface area contributed by atoms with Gasteiger partial charge < -0.3 is 9.73 Å². The average molecular weight is 237 g/mol. The third-order valence-electron chi connectivity index (χ3n) is 3.65. The normalized spacial score (nSPS) is 14.0. The molecule has 1 heterocycles. The van der Waals surface area contributed by atoms with E-state index >= 15 is 0 Å². The van der Waals surface area contributed by atoms with Crippen molar-refractivity contribution in [1.82, 2.24) is 5.32 Å². The first-order valence-electron chi connectivity index (χ1n) is 6.62. The molecule has 1 rings (SSSR count). The van der Waals surface area contributed by atoms with Crippen LogP contribution >= 0.6 is 0 Å².